The van der Waals surface area contributed by atoms with E-state index in [9.17, 15) is 9.59 Å². The minimum atomic E-state index is -0.496. The molecule has 0 bridgehead atoms. The maximum Gasteiger partial charge on any atom is 0.310 e. The van der Waals surface area contributed by atoms with Gasteiger partial charge in [0.05, 0.1) is 18.9 Å². The molecule has 0 heterocycles. The zero-order chi connectivity index (χ0) is 17.3. The second kappa shape index (κ2) is 6.34. The summed E-state index contributed by atoms with van der Waals surface area (Å²) in [4.78, 5) is 24.1. The Labute approximate surface area is 138 Å². The summed E-state index contributed by atoms with van der Waals surface area (Å²) in [5, 5.41) is 0. The van der Waals surface area contributed by atoms with Gasteiger partial charge >= 0.3 is 11.9 Å². The molecular formula is C19H26O4. The van der Waals surface area contributed by atoms with E-state index in [2.05, 4.69) is 0 Å². The van der Waals surface area contributed by atoms with Crippen molar-refractivity contribution in [1.82, 2.24) is 0 Å². The lowest BCUT2D eigenvalue weighted by Gasteiger charge is -2.20. The predicted octanol–water partition coefficient (Wildman–Crippen LogP) is 3.39. The lowest BCUT2D eigenvalue weighted by Crippen LogP contribution is -2.26. The molecule has 0 amide bonds. The van der Waals surface area contributed by atoms with Crippen molar-refractivity contribution in [2.75, 3.05) is 6.61 Å². The lowest BCUT2D eigenvalue weighted by atomic mass is 10.1. The van der Waals surface area contributed by atoms with Gasteiger partial charge < -0.3 is 9.47 Å². The molecule has 1 saturated carbocycles. The van der Waals surface area contributed by atoms with Gasteiger partial charge in [-0.3, -0.25) is 9.59 Å². The normalized spacial score (nSPS) is 22.3. The third-order valence-corrected chi connectivity index (χ3v) is 4.33. The number of esters is 2. The van der Waals surface area contributed by atoms with Crippen LogP contribution in [0, 0.1) is 17.3 Å². The third-order valence-electron chi connectivity index (χ3n) is 4.33. The predicted molar refractivity (Wildman–Crippen MR) is 87.7 cm³/mol. The number of carbonyl (C=O) groups is 2. The molecule has 4 nitrogen and oxygen atoms in total. The first-order chi connectivity index (χ1) is 10.6. The standard InChI is InChI=1S/C19H26O4/c1-18(2,3)23-17(21)16-14(19(16,4)5)12-22-15(20)11-13-9-7-6-8-10-13/h6-10,14,16H,11-12H2,1-5H3. The van der Waals surface area contributed by atoms with E-state index in [1.54, 1.807) is 0 Å². The SMILES string of the molecule is CC(C)(C)OC(=O)C1C(COC(=O)Cc2ccccc2)C1(C)C. The number of ether oxygens (including phenoxy) is 2. The summed E-state index contributed by atoms with van der Waals surface area (Å²) in [6.45, 7) is 9.86. The second-order valence-electron chi connectivity index (χ2n) is 7.78. The number of hydrogen-bond acceptors (Lipinski definition) is 4. The quantitative estimate of drug-likeness (QED) is 0.781. The zero-order valence-corrected chi connectivity index (χ0v) is 14.6. The molecule has 2 unspecified atom stereocenters. The van der Waals surface area contributed by atoms with Crippen molar-refractivity contribution in [1.29, 1.82) is 0 Å². The smallest absolute Gasteiger partial charge is 0.310 e. The topological polar surface area (TPSA) is 52.6 Å². The van der Waals surface area contributed by atoms with Crippen LogP contribution in [0.1, 0.15) is 40.2 Å². The maximum atomic E-state index is 12.2. The molecule has 1 aliphatic carbocycles. The minimum absolute atomic E-state index is 0.0251. The fraction of sp³-hybridized carbons (Fsp3) is 0.579. The van der Waals surface area contributed by atoms with Crippen LogP contribution in [0.4, 0.5) is 0 Å². The first kappa shape index (κ1) is 17.5. The van der Waals surface area contributed by atoms with Crippen molar-refractivity contribution in [3.8, 4) is 0 Å². The van der Waals surface area contributed by atoms with E-state index in [1.165, 1.54) is 0 Å². The molecule has 0 radical (unpaired) electrons. The molecule has 0 saturated heterocycles. The Morgan fingerprint density at radius 1 is 1.13 bits per heavy atom. The average Bonchev–Trinajstić information content (AvgIpc) is 2.97. The third kappa shape index (κ3) is 4.57. The molecule has 1 aliphatic rings. The van der Waals surface area contributed by atoms with Gasteiger partial charge in [0.1, 0.15) is 5.60 Å². The number of benzene rings is 1. The van der Waals surface area contributed by atoms with Crippen LogP contribution in [0.5, 0.6) is 0 Å². The van der Waals surface area contributed by atoms with E-state index in [4.69, 9.17) is 9.47 Å². The molecule has 0 aromatic heterocycles. The summed E-state index contributed by atoms with van der Waals surface area (Å²) in [6.07, 6.45) is 0.255. The van der Waals surface area contributed by atoms with Crippen molar-refractivity contribution in [3.63, 3.8) is 0 Å². The van der Waals surface area contributed by atoms with Crippen molar-refractivity contribution < 1.29 is 19.1 Å². The summed E-state index contributed by atoms with van der Waals surface area (Å²) in [5.41, 5.74) is 0.246. The van der Waals surface area contributed by atoms with Crippen LogP contribution < -0.4 is 0 Å². The summed E-state index contributed by atoms with van der Waals surface area (Å²) in [7, 11) is 0. The molecule has 1 aromatic carbocycles. The van der Waals surface area contributed by atoms with Gasteiger partial charge in [-0.1, -0.05) is 44.2 Å². The van der Waals surface area contributed by atoms with E-state index in [0.717, 1.165) is 5.56 Å². The Balaban J connectivity index is 1.84. The van der Waals surface area contributed by atoms with Gasteiger partial charge in [-0.05, 0) is 31.7 Å². The van der Waals surface area contributed by atoms with Crippen molar-refractivity contribution in [2.45, 2.75) is 46.6 Å². The Morgan fingerprint density at radius 2 is 1.74 bits per heavy atom. The molecule has 0 N–H and O–H groups in total. The van der Waals surface area contributed by atoms with E-state index in [0.29, 0.717) is 0 Å². The van der Waals surface area contributed by atoms with Crippen molar-refractivity contribution in [3.05, 3.63) is 35.9 Å². The van der Waals surface area contributed by atoms with Gasteiger partial charge in [0.2, 0.25) is 0 Å². The fourth-order valence-corrected chi connectivity index (χ4v) is 2.88. The van der Waals surface area contributed by atoms with Crippen LogP contribution in [-0.4, -0.2) is 24.1 Å². The molecular weight excluding hydrogens is 292 g/mol. The first-order valence-electron chi connectivity index (χ1n) is 8.03. The molecule has 1 aromatic rings. The summed E-state index contributed by atoms with van der Waals surface area (Å²) >= 11 is 0. The van der Waals surface area contributed by atoms with Crippen molar-refractivity contribution in [2.24, 2.45) is 17.3 Å². The average molecular weight is 318 g/mol. The number of carbonyl (C=O) groups excluding carboxylic acids is 2. The van der Waals surface area contributed by atoms with Crippen LogP contribution >= 0.6 is 0 Å². The van der Waals surface area contributed by atoms with E-state index in [1.807, 2.05) is 65.0 Å². The highest BCUT2D eigenvalue weighted by atomic mass is 16.6. The Bertz CT molecular complexity index is 569. The minimum Gasteiger partial charge on any atom is -0.465 e. The molecule has 126 valence electrons. The molecule has 1 fully saturated rings. The molecule has 0 spiro atoms. The number of rotatable bonds is 5. The maximum absolute atomic E-state index is 12.2. The summed E-state index contributed by atoms with van der Waals surface area (Å²) in [6, 6.07) is 9.49. The van der Waals surface area contributed by atoms with Gasteiger partial charge in [-0.15, -0.1) is 0 Å². The first-order valence-corrected chi connectivity index (χ1v) is 8.03. The van der Waals surface area contributed by atoms with E-state index in [-0.39, 0.29) is 42.2 Å². The molecule has 0 aliphatic heterocycles. The second-order valence-corrected chi connectivity index (χ2v) is 7.78. The van der Waals surface area contributed by atoms with Gasteiger partial charge in [0.25, 0.3) is 0 Å². The van der Waals surface area contributed by atoms with Crippen molar-refractivity contribution >= 4 is 11.9 Å². The van der Waals surface area contributed by atoms with Crippen LogP contribution in [0.25, 0.3) is 0 Å². The van der Waals surface area contributed by atoms with Crippen LogP contribution in [0.15, 0.2) is 30.3 Å². The van der Waals surface area contributed by atoms with Crippen LogP contribution in [0.2, 0.25) is 0 Å². The highest BCUT2D eigenvalue weighted by molar-refractivity contribution is 5.78. The Morgan fingerprint density at radius 3 is 2.30 bits per heavy atom. The van der Waals surface area contributed by atoms with Gasteiger partial charge in [0, 0.05) is 5.92 Å². The lowest BCUT2D eigenvalue weighted by molar-refractivity contribution is -0.158. The highest BCUT2D eigenvalue weighted by Gasteiger charge is 2.63. The zero-order valence-electron chi connectivity index (χ0n) is 14.6. The molecule has 2 atom stereocenters. The van der Waals surface area contributed by atoms with E-state index >= 15 is 0 Å². The van der Waals surface area contributed by atoms with Gasteiger partial charge in [-0.2, -0.15) is 0 Å². The van der Waals surface area contributed by atoms with Gasteiger partial charge in [0.15, 0.2) is 0 Å². The summed E-state index contributed by atoms with van der Waals surface area (Å²) < 4.78 is 10.8. The van der Waals surface area contributed by atoms with Gasteiger partial charge in [-0.25, -0.2) is 0 Å². The van der Waals surface area contributed by atoms with Crippen LogP contribution in [0.3, 0.4) is 0 Å². The Hall–Kier alpha value is -1.84. The molecule has 4 heteroatoms. The van der Waals surface area contributed by atoms with Crippen LogP contribution in [-0.2, 0) is 25.5 Å². The largest absolute Gasteiger partial charge is 0.465 e. The van der Waals surface area contributed by atoms with E-state index < -0.39 is 5.60 Å². The highest BCUT2D eigenvalue weighted by Crippen LogP contribution is 2.59. The number of hydrogen-bond donors (Lipinski definition) is 0. The fourth-order valence-electron chi connectivity index (χ4n) is 2.88. The molecule has 2 rings (SSSR count). The molecule has 23 heavy (non-hydrogen) atoms. The Kier molecular flexibility index (Phi) is 4.83. The summed E-state index contributed by atoms with van der Waals surface area (Å²) in [5.74, 6) is -0.642. The monoisotopic (exact) mass is 318 g/mol.